The van der Waals surface area contributed by atoms with E-state index in [0.29, 0.717) is 23.7 Å². The third-order valence-electron chi connectivity index (χ3n) is 8.13. The lowest BCUT2D eigenvalue weighted by atomic mass is 9.69. The smallest absolute Gasteiger partial charge is 0.317 e. The van der Waals surface area contributed by atoms with Crippen LogP contribution in [0.5, 0.6) is 0 Å². The minimum Gasteiger partial charge on any atom is -0.317 e. The lowest BCUT2D eigenvalue weighted by Gasteiger charge is -2.48. The number of alkyl halides is 3. The molecule has 1 N–H and O–H groups in total. The molecule has 182 valence electrons. The van der Waals surface area contributed by atoms with Crippen LogP contribution in [-0.4, -0.2) is 41.6 Å². The molecule has 0 unspecified atom stereocenters. The predicted octanol–water partition coefficient (Wildman–Crippen LogP) is 5.49. The van der Waals surface area contributed by atoms with E-state index in [9.17, 15) is 18.0 Å². The van der Waals surface area contributed by atoms with Crippen molar-refractivity contribution in [2.24, 2.45) is 5.92 Å². The Labute approximate surface area is 198 Å². The summed E-state index contributed by atoms with van der Waals surface area (Å²) in [6.07, 6.45) is 2.43. The van der Waals surface area contributed by atoms with Crippen LogP contribution < -0.4 is 10.2 Å². The topological polar surface area (TPSA) is 48.5 Å². The van der Waals surface area contributed by atoms with E-state index in [2.05, 4.69) is 34.6 Å². The van der Waals surface area contributed by atoms with E-state index in [1.54, 1.807) is 11.8 Å². The molecule has 2 aromatic rings. The summed E-state index contributed by atoms with van der Waals surface area (Å²) in [4.78, 5) is 21.0. The standard InChI is InChI=1S/C26H31F3N4O/c1-18-14-22(26(27,28)29)31-15-21(18)32-17-24(33(23(32)34)16-19-8-9-19)10-12-25(30-2,13-11-24)20-6-4-3-5-7-20/h3-7,14-15,19,30H,8-13,16-17H2,1-2H3. The van der Waals surface area contributed by atoms with Crippen LogP contribution in [0.2, 0.25) is 0 Å². The number of anilines is 1. The first kappa shape index (κ1) is 23.1. The van der Waals surface area contributed by atoms with E-state index in [1.807, 2.05) is 18.0 Å². The van der Waals surface area contributed by atoms with Crippen LogP contribution in [-0.2, 0) is 11.7 Å². The number of hydrogen-bond donors (Lipinski definition) is 1. The molecule has 0 atom stereocenters. The highest BCUT2D eigenvalue weighted by Gasteiger charge is 2.55. The van der Waals surface area contributed by atoms with Crippen LogP contribution in [0.3, 0.4) is 0 Å². The number of amides is 2. The van der Waals surface area contributed by atoms with Gasteiger partial charge < -0.3 is 10.2 Å². The number of carbonyl (C=O) groups is 1. The first-order valence-electron chi connectivity index (χ1n) is 12.0. The molecule has 3 fully saturated rings. The first-order chi connectivity index (χ1) is 16.2. The fourth-order valence-electron chi connectivity index (χ4n) is 5.81. The number of nitrogens with one attached hydrogen (secondary N) is 1. The summed E-state index contributed by atoms with van der Waals surface area (Å²) in [6.45, 7) is 2.83. The van der Waals surface area contributed by atoms with Gasteiger partial charge in [-0.05, 0) is 75.6 Å². The van der Waals surface area contributed by atoms with E-state index >= 15 is 0 Å². The zero-order valence-corrected chi connectivity index (χ0v) is 19.7. The predicted molar refractivity (Wildman–Crippen MR) is 125 cm³/mol. The number of nitrogens with zero attached hydrogens (tertiary/aromatic N) is 3. The summed E-state index contributed by atoms with van der Waals surface area (Å²) in [7, 11) is 2.00. The molecule has 5 nitrogen and oxygen atoms in total. The van der Waals surface area contributed by atoms with Crippen molar-refractivity contribution >= 4 is 11.7 Å². The van der Waals surface area contributed by atoms with E-state index in [0.717, 1.165) is 51.1 Å². The van der Waals surface area contributed by atoms with Crippen LogP contribution >= 0.6 is 0 Å². The molecule has 34 heavy (non-hydrogen) atoms. The van der Waals surface area contributed by atoms with Gasteiger partial charge in [-0.15, -0.1) is 0 Å². The van der Waals surface area contributed by atoms with E-state index in [4.69, 9.17) is 0 Å². The third-order valence-corrected chi connectivity index (χ3v) is 8.13. The van der Waals surface area contributed by atoms with Gasteiger partial charge in [0.15, 0.2) is 0 Å². The third kappa shape index (κ3) is 3.96. The van der Waals surface area contributed by atoms with Gasteiger partial charge in [0.25, 0.3) is 0 Å². The van der Waals surface area contributed by atoms with Gasteiger partial charge >= 0.3 is 12.2 Å². The number of aryl methyl sites for hydroxylation is 1. The van der Waals surface area contributed by atoms with Crippen molar-refractivity contribution in [1.29, 1.82) is 0 Å². The Hall–Kier alpha value is -2.61. The number of aromatic nitrogens is 1. The van der Waals surface area contributed by atoms with Crippen LogP contribution in [0.1, 0.15) is 55.3 Å². The van der Waals surface area contributed by atoms with Crippen molar-refractivity contribution in [2.75, 3.05) is 25.0 Å². The number of halogens is 3. The fourth-order valence-corrected chi connectivity index (χ4v) is 5.81. The maximum atomic E-state index is 13.7. The highest BCUT2D eigenvalue weighted by molar-refractivity contribution is 5.96. The monoisotopic (exact) mass is 472 g/mol. The second kappa shape index (κ2) is 8.26. The average molecular weight is 473 g/mol. The Morgan fingerprint density at radius 1 is 1.12 bits per heavy atom. The molecule has 1 spiro atoms. The maximum absolute atomic E-state index is 13.7. The Bertz CT molecular complexity index is 1060. The van der Waals surface area contributed by atoms with Crippen molar-refractivity contribution in [3.63, 3.8) is 0 Å². The molecule has 5 rings (SSSR count). The second-order valence-electron chi connectivity index (χ2n) is 10.2. The quantitative estimate of drug-likeness (QED) is 0.626. The Morgan fingerprint density at radius 3 is 2.35 bits per heavy atom. The Kier molecular flexibility index (Phi) is 5.62. The molecular formula is C26H31F3N4O. The van der Waals surface area contributed by atoms with Gasteiger partial charge in [0, 0.05) is 12.1 Å². The molecule has 0 radical (unpaired) electrons. The van der Waals surface area contributed by atoms with E-state index < -0.39 is 11.9 Å². The molecule has 8 heteroatoms. The highest BCUT2D eigenvalue weighted by atomic mass is 19.4. The van der Waals surface area contributed by atoms with Gasteiger partial charge in [-0.1, -0.05) is 30.3 Å². The number of rotatable bonds is 5. The minimum atomic E-state index is -4.51. The highest BCUT2D eigenvalue weighted by Crippen LogP contribution is 2.49. The minimum absolute atomic E-state index is 0.103. The number of urea groups is 1. The summed E-state index contributed by atoms with van der Waals surface area (Å²) in [6, 6.07) is 11.4. The summed E-state index contributed by atoms with van der Waals surface area (Å²) in [5.41, 5.74) is 0.770. The van der Waals surface area contributed by atoms with Gasteiger partial charge in [0.1, 0.15) is 5.69 Å². The summed E-state index contributed by atoms with van der Waals surface area (Å²) in [5, 5.41) is 3.56. The molecule has 2 aliphatic carbocycles. The van der Waals surface area contributed by atoms with Crippen LogP contribution in [0.25, 0.3) is 0 Å². The van der Waals surface area contributed by atoms with Crippen LogP contribution in [0.4, 0.5) is 23.7 Å². The van der Waals surface area contributed by atoms with Crippen molar-refractivity contribution in [3.8, 4) is 0 Å². The number of hydrogen-bond acceptors (Lipinski definition) is 3. The number of carbonyl (C=O) groups excluding carboxylic acids is 1. The molecule has 1 saturated heterocycles. The molecular weight excluding hydrogens is 441 g/mol. The largest absolute Gasteiger partial charge is 0.433 e. The molecule has 2 amide bonds. The SMILES string of the molecule is CNC1(c2ccccc2)CCC2(CC1)CN(c1cnc(C(F)(F)F)cc1C)C(=O)N2CC1CC1. The van der Waals surface area contributed by atoms with E-state index in [-0.39, 0.29) is 17.1 Å². The molecule has 0 bridgehead atoms. The molecule has 3 aliphatic rings. The van der Waals surface area contributed by atoms with Crippen molar-refractivity contribution in [3.05, 3.63) is 59.4 Å². The van der Waals surface area contributed by atoms with Gasteiger partial charge in [-0.3, -0.25) is 4.90 Å². The molecule has 1 aromatic carbocycles. The van der Waals surface area contributed by atoms with Gasteiger partial charge in [0.05, 0.1) is 24.0 Å². The molecule has 2 heterocycles. The zero-order valence-electron chi connectivity index (χ0n) is 19.7. The van der Waals surface area contributed by atoms with Crippen molar-refractivity contribution in [2.45, 2.75) is 62.7 Å². The molecule has 1 aliphatic heterocycles. The lowest BCUT2D eigenvalue weighted by Crippen LogP contribution is -2.55. The normalized spacial score (nSPS) is 27.6. The van der Waals surface area contributed by atoms with Gasteiger partial charge in [0.2, 0.25) is 0 Å². The molecule has 1 aromatic heterocycles. The Balaban J connectivity index is 1.44. The van der Waals surface area contributed by atoms with E-state index in [1.165, 1.54) is 11.8 Å². The van der Waals surface area contributed by atoms with Gasteiger partial charge in [-0.25, -0.2) is 9.78 Å². The Morgan fingerprint density at radius 2 is 1.79 bits per heavy atom. The summed E-state index contributed by atoms with van der Waals surface area (Å²) < 4.78 is 39.4. The lowest BCUT2D eigenvalue weighted by molar-refractivity contribution is -0.141. The molecule has 2 saturated carbocycles. The number of pyridine rings is 1. The second-order valence-corrected chi connectivity index (χ2v) is 10.2. The van der Waals surface area contributed by atoms with Gasteiger partial charge in [-0.2, -0.15) is 13.2 Å². The number of benzene rings is 1. The van der Waals surface area contributed by atoms with Crippen molar-refractivity contribution < 1.29 is 18.0 Å². The summed E-state index contributed by atoms with van der Waals surface area (Å²) in [5.74, 6) is 0.526. The zero-order chi connectivity index (χ0) is 24.1. The fraction of sp³-hybridized carbons (Fsp3) is 0.538. The summed E-state index contributed by atoms with van der Waals surface area (Å²) >= 11 is 0. The first-order valence-corrected chi connectivity index (χ1v) is 12.0. The van der Waals surface area contributed by atoms with Crippen LogP contribution in [0.15, 0.2) is 42.6 Å². The maximum Gasteiger partial charge on any atom is 0.433 e. The van der Waals surface area contributed by atoms with Crippen LogP contribution in [0, 0.1) is 12.8 Å². The van der Waals surface area contributed by atoms with Crippen molar-refractivity contribution in [1.82, 2.24) is 15.2 Å². The average Bonchev–Trinajstić information content (AvgIpc) is 3.61.